The van der Waals surface area contributed by atoms with Crippen molar-refractivity contribution in [3.8, 4) is 0 Å². The zero-order chi connectivity index (χ0) is 11.5. The SMILES string of the molecule is O=CCCc1ccc2nc(Cl)ccc2c1Cl. The molecule has 0 amide bonds. The molecular weight excluding hydrogens is 245 g/mol. The van der Waals surface area contributed by atoms with E-state index in [9.17, 15) is 4.79 Å². The third kappa shape index (κ3) is 2.18. The topological polar surface area (TPSA) is 30.0 Å². The number of aromatic nitrogens is 1. The number of fused-ring (bicyclic) bond motifs is 1. The lowest BCUT2D eigenvalue weighted by Crippen LogP contribution is -1.90. The van der Waals surface area contributed by atoms with Gasteiger partial charge in [-0.15, -0.1) is 0 Å². The van der Waals surface area contributed by atoms with Gasteiger partial charge in [0, 0.05) is 11.8 Å². The van der Waals surface area contributed by atoms with E-state index in [1.54, 1.807) is 6.07 Å². The van der Waals surface area contributed by atoms with Crippen molar-refractivity contribution in [2.24, 2.45) is 0 Å². The number of hydrogen-bond donors (Lipinski definition) is 0. The highest BCUT2D eigenvalue weighted by atomic mass is 35.5. The second kappa shape index (κ2) is 4.81. The third-order valence-corrected chi connectivity index (χ3v) is 3.04. The van der Waals surface area contributed by atoms with E-state index in [0.717, 1.165) is 22.8 Å². The fourth-order valence-electron chi connectivity index (χ4n) is 1.60. The van der Waals surface area contributed by atoms with Crippen LogP contribution in [0.25, 0.3) is 10.9 Å². The van der Waals surface area contributed by atoms with Crippen LogP contribution in [0, 0.1) is 0 Å². The van der Waals surface area contributed by atoms with Gasteiger partial charge in [0.2, 0.25) is 0 Å². The Kier molecular flexibility index (Phi) is 3.42. The highest BCUT2D eigenvalue weighted by Crippen LogP contribution is 2.28. The summed E-state index contributed by atoms with van der Waals surface area (Å²) < 4.78 is 0. The Balaban J connectivity index is 2.52. The minimum atomic E-state index is 0.448. The second-order valence-electron chi connectivity index (χ2n) is 3.44. The second-order valence-corrected chi connectivity index (χ2v) is 4.21. The number of pyridine rings is 1. The Morgan fingerprint density at radius 2 is 2.00 bits per heavy atom. The van der Waals surface area contributed by atoms with Crippen LogP contribution in [0.4, 0.5) is 0 Å². The molecule has 0 spiro atoms. The van der Waals surface area contributed by atoms with Gasteiger partial charge in [-0.3, -0.25) is 0 Å². The minimum absolute atomic E-state index is 0.448. The summed E-state index contributed by atoms with van der Waals surface area (Å²) in [5.74, 6) is 0. The molecule has 82 valence electrons. The lowest BCUT2D eigenvalue weighted by molar-refractivity contribution is -0.107. The van der Waals surface area contributed by atoms with Crippen LogP contribution in [-0.4, -0.2) is 11.3 Å². The zero-order valence-corrected chi connectivity index (χ0v) is 9.92. The summed E-state index contributed by atoms with van der Waals surface area (Å²) in [4.78, 5) is 14.5. The van der Waals surface area contributed by atoms with Crippen LogP contribution in [0.5, 0.6) is 0 Å². The third-order valence-electron chi connectivity index (χ3n) is 2.38. The molecular formula is C12H9Cl2NO. The molecule has 0 fully saturated rings. The van der Waals surface area contributed by atoms with E-state index >= 15 is 0 Å². The summed E-state index contributed by atoms with van der Waals surface area (Å²) in [6, 6.07) is 7.31. The monoisotopic (exact) mass is 253 g/mol. The fourth-order valence-corrected chi connectivity index (χ4v) is 2.07. The molecule has 0 bridgehead atoms. The maximum Gasteiger partial charge on any atom is 0.129 e. The highest BCUT2D eigenvalue weighted by Gasteiger charge is 2.06. The van der Waals surface area contributed by atoms with Crippen molar-refractivity contribution < 1.29 is 4.79 Å². The van der Waals surface area contributed by atoms with E-state index in [0.29, 0.717) is 23.0 Å². The highest BCUT2D eigenvalue weighted by molar-refractivity contribution is 6.36. The van der Waals surface area contributed by atoms with Gasteiger partial charge in [-0.1, -0.05) is 29.3 Å². The molecule has 0 unspecified atom stereocenters. The molecule has 2 nitrogen and oxygen atoms in total. The molecule has 1 heterocycles. The molecule has 2 rings (SSSR count). The van der Waals surface area contributed by atoms with Gasteiger partial charge < -0.3 is 4.79 Å². The number of carbonyl (C=O) groups is 1. The molecule has 1 aromatic heterocycles. The summed E-state index contributed by atoms with van der Waals surface area (Å²) in [5, 5.41) is 1.97. The van der Waals surface area contributed by atoms with Crippen LogP contribution >= 0.6 is 23.2 Å². The quantitative estimate of drug-likeness (QED) is 0.617. The summed E-state index contributed by atoms with van der Waals surface area (Å²) in [7, 11) is 0. The van der Waals surface area contributed by atoms with E-state index < -0.39 is 0 Å². The van der Waals surface area contributed by atoms with Crippen LogP contribution < -0.4 is 0 Å². The number of nitrogens with zero attached hydrogens (tertiary/aromatic N) is 1. The predicted octanol–water partition coefficient (Wildman–Crippen LogP) is 3.67. The number of halogens is 2. The lowest BCUT2D eigenvalue weighted by Gasteiger charge is -2.05. The zero-order valence-electron chi connectivity index (χ0n) is 8.41. The molecule has 0 atom stereocenters. The summed E-state index contributed by atoms with van der Waals surface area (Å²) >= 11 is 12.0. The van der Waals surface area contributed by atoms with Crippen molar-refractivity contribution in [1.82, 2.24) is 4.98 Å². The molecule has 4 heteroatoms. The molecule has 1 aromatic carbocycles. The van der Waals surface area contributed by atoms with Gasteiger partial charge in [-0.25, -0.2) is 4.98 Å². The number of rotatable bonds is 3. The Morgan fingerprint density at radius 1 is 1.19 bits per heavy atom. The van der Waals surface area contributed by atoms with Crippen LogP contribution in [0.3, 0.4) is 0 Å². The van der Waals surface area contributed by atoms with Gasteiger partial charge in [-0.05, 0) is 30.2 Å². The van der Waals surface area contributed by atoms with Gasteiger partial charge in [0.15, 0.2) is 0 Å². The van der Waals surface area contributed by atoms with Gasteiger partial charge in [0.05, 0.1) is 10.5 Å². The van der Waals surface area contributed by atoms with Crippen molar-refractivity contribution in [3.05, 3.63) is 40.0 Å². The van der Waals surface area contributed by atoms with Crippen molar-refractivity contribution in [1.29, 1.82) is 0 Å². The number of hydrogen-bond acceptors (Lipinski definition) is 2. The molecule has 0 radical (unpaired) electrons. The van der Waals surface area contributed by atoms with E-state index in [-0.39, 0.29) is 0 Å². The van der Waals surface area contributed by atoms with Crippen molar-refractivity contribution in [3.63, 3.8) is 0 Å². The first-order chi connectivity index (χ1) is 7.72. The first-order valence-electron chi connectivity index (χ1n) is 4.89. The average Bonchev–Trinajstić information content (AvgIpc) is 2.28. The smallest absolute Gasteiger partial charge is 0.129 e. The minimum Gasteiger partial charge on any atom is -0.303 e. The number of aryl methyl sites for hydroxylation is 1. The van der Waals surface area contributed by atoms with E-state index in [2.05, 4.69) is 4.98 Å². The Hall–Kier alpha value is -1.12. The first-order valence-corrected chi connectivity index (χ1v) is 5.65. The maximum atomic E-state index is 10.3. The lowest BCUT2D eigenvalue weighted by atomic mass is 10.1. The Morgan fingerprint density at radius 3 is 2.75 bits per heavy atom. The van der Waals surface area contributed by atoms with Gasteiger partial charge in [-0.2, -0.15) is 0 Å². The van der Waals surface area contributed by atoms with Crippen molar-refractivity contribution in [2.45, 2.75) is 12.8 Å². The maximum absolute atomic E-state index is 10.3. The van der Waals surface area contributed by atoms with E-state index in [4.69, 9.17) is 23.2 Å². The van der Waals surface area contributed by atoms with Crippen molar-refractivity contribution >= 4 is 40.4 Å². The molecule has 0 aliphatic heterocycles. The van der Waals surface area contributed by atoms with Crippen molar-refractivity contribution in [2.75, 3.05) is 0 Å². The molecule has 2 aromatic rings. The number of aldehydes is 1. The van der Waals surface area contributed by atoms with E-state index in [1.807, 2.05) is 18.2 Å². The number of carbonyl (C=O) groups excluding carboxylic acids is 1. The standard InChI is InChI=1S/C12H9Cl2NO/c13-11-6-4-9-10(15-11)5-3-8(12(9)14)2-1-7-16/h3-7H,1-2H2. The average molecular weight is 254 g/mol. The van der Waals surface area contributed by atoms with Gasteiger partial charge in [0.1, 0.15) is 11.4 Å². The van der Waals surface area contributed by atoms with E-state index in [1.165, 1.54) is 0 Å². The van der Waals surface area contributed by atoms with Gasteiger partial charge in [0.25, 0.3) is 0 Å². The largest absolute Gasteiger partial charge is 0.303 e. The summed E-state index contributed by atoms with van der Waals surface area (Å²) in [6.45, 7) is 0. The fraction of sp³-hybridized carbons (Fsp3) is 0.167. The van der Waals surface area contributed by atoms with Crippen LogP contribution in [-0.2, 0) is 11.2 Å². The molecule has 0 saturated heterocycles. The van der Waals surface area contributed by atoms with Crippen LogP contribution in [0.1, 0.15) is 12.0 Å². The van der Waals surface area contributed by atoms with Crippen LogP contribution in [0.15, 0.2) is 24.3 Å². The van der Waals surface area contributed by atoms with Crippen LogP contribution in [0.2, 0.25) is 10.2 Å². The predicted molar refractivity (Wildman–Crippen MR) is 66.1 cm³/mol. The molecule has 16 heavy (non-hydrogen) atoms. The summed E-state index contributed by atoms with van der Waals surface area (Å²) in [5.41, 5.74) is 1.73. The first kappa shape index (κ1) is 11.4. The normalized spacial score (nSPS) is 10.6. The molecule has 0 aliphatic rings. The summed E-state index contributed by atoms with van der Waals surface area (Å²) in [6.07, 6.45) is 2.02. The molecule has 0 aliphatic carbocycles. The number of benzene rings is 1. The molecule has 0 N–H and O–H groups in total. The Bertz CT molecular complexity index is 540. The van der Waals surface area contributed by atoms with Gasteiger partial charge >= 0.3 is 0 Å². The molecule has 0 saturated carbocycles. The Labute approximate surface area is 103 Å².